The van der Waals surface area contributed by atoms with Crippen molar-refractivity contribution in [3.8, 4) is 0 Å². The quantitative estimate of drug-likeness (QED) is 0.622. The third-order valence-electron chi connectivity index (χ3n) is 3.56. The Morgan fingerprint density at radius 3 is 2.36 bits per heavy atom. The molecule has 130 valence electrons. The van der Waals surface area contributed by atoms with Crippen LogP contribution in [0.1, 0.15) is 40.1 Å². The lowest BCUT2D eigenvalue weighted by molar-refractivity contribution is -0.123. The second-order valence-corrected chi connectivity index (χ2v) is 5.53. The van der Waals surface area contributed by atoms with E-state index >= 15 is 0 Å². The molecule has 6 nitrogen and oxygen atoms in total. The van der Waals surface area contributed by atoms with Gasteiger partial charge in [0.1, 0.15) is 0 Å². The standard InChI is InChI=1S/C19H19NO5/c1-12(22)16-4-3-5-17(10-16)20-18(23)13(2)25-19(24)15-8-6-14(11-21)7-9-15/h3-10,13,21H,11H2,1-2H3,(H,20,23)/t13-/m1/s1. The molecule has 0 aromatic heterocycles. The molecule has 0 unspecified atom stereocenters. The number of aliphatic hydroxyl groups excluding tert-OH is 1. The van der Waals surface area contributed by atoms with E-state index < -0.39 is 18.0 Å². The molecule has 0 aliphatic rings. The number of rotatable bonds is 6. The van der Waals surface area contributed by atoms with Gasteiger partial charge in [-0.3, -0.25) is 9.59 Å². The molecule has 1 atom stereocenters. The Bertz CT molecular complexity index is 783. The van der Waals surface area contributed by atoms with Gasteiger partial charge < -0.3 is 15.2 Å². The number of hydrogen-bond donors (Lipinski definition) is 2. The molecule has 0 radical (unpaired) electrons. The Morgan fingerprint density at radius 2 is 1.76 bits per heavy atom. The van der Waals surface area contributed by atoms with Gasteiger partial charge in [0.15, 0.2) is 11.9 Å². The first kappa shape index (κ1) is 18.4. The number of carbonyl (C=O) groups is 3. The zero-order chi connectivity index (χ0) is 18.4. The van der Waals surface area contributed by atoms with Gasteiger partial charge in [-0.1, -0.05) is 24.3 Å². The number of anilines is 1. The van der Waals surface area contributed by atoms with Gasteiger partial charge in [-0.2, -0.15) is 0 Å². The molecule has 0 heterocycles. The van der Waals surface area contributed by atoms with Crippen LogP contribution in [0.3, 0.4) is 0 Å². The van der Waals surface area contributed by atoms with Gasteiger partial charge in [0.2, 0.25) is 0 Å². The van der Waals surface area contributed by atoms with Gasteiger partial charge >= 0.3 is 5.97 Å². The zero-order valence-electron chi connectivity index (χ0n) is 14.0. The molecule has 0 bridgehead atoms. The summed E-state index contributed by atoms with van der Waals surface area (Å²) in [5.74, 6) is -1.24. The lowest BCUT2D eigenvalue weighted by Gasteiger charge is -2.14. The molecule has 6 heteroatoms. The lowest BCUT2D eigenvalue weighted by atomic mass is 10.1. The van der Waals surface area contributed by atoms with Crippen LogP contribution < -0.4 is 5.32 Å². The number of amides is 1. The molecule has 0 aliphatic heterocycles. The first-order chi connectivity index (χ1) is 11.9. The Balaban J connectivity index is 1.98. The summed E-state index contributed by atoms with van der Waals surface area (Å²) in [5, 5.41) is 11.6. The van der Waals surface area contributed by atoms with E-state index in [1.165, 1.54) is 26.0 Å². The minimum absolute atomic E-state index is 0.109. The highest BCUT2D eigenvalue weighted by atomic mass is 16.5. The van der Waals surface area contributed by atoms with Crippen molar-refractivity contribution >= 4 is 23.3 Å². The second-order valence-electron chi connectivity index (χ2n) is 5.53. The zero-order valence-corrected chi connectivity index (χ0v) is 14.0. The van der Waals surface area contributed by atoms with Crippen molar-refractivity contribution in [2.75, 3.05) is 5.32 Å². The van der Waals surface area contributed by atoms with Gasteiger partial charge in [-0.05, 0) is 43.7 Å². The van der Waals surface area contributed by atoms with Crippen LogP contribution >= 0.6 is 0 Å². The number of ketones is 1. The van der Waals surface area contributed by atoms with Crippen LogP contribution in [0.25, 0.3) is 0 Å². The molecular weight excluding hydrogens is 322 g/mol. The largest absolute Gasteiger partial charge is 0.449 e. The number of aliphatic hydroxyl groups is 1. The molecule has 2 aromatic rings. The predicted molar refractivity (Wildman–Crippen MR) is 92.3 cm³/mol. The van der Waals surface area contributed by atoms with Crippen molar-refractivity contribution in [1.82, 2.24) is 0 Å². The van der Waals surface area contributed by atoms with Crippen LogP contribution in [-0.2, 0) is 16.1 Å². The fraction of sp³-hybridized carbons (Fsp3) is 0.211. The van der Waals surface area contributed by atoms with Crippen LogP contribution in [0.4, 0.5) is 5.69 Å². The van der Waals surface area contributed by atoms with Crippen LogP contribution in [-0.4, -0.2) is 28.9 Å². The molecule has 2 rings (SSSR count). The number of ether oxygens (including phenoxy) is 1. The molecule has 0 saturated heterocycles. The molecule has 2 aromatic carbocycles. The highest BCUT2D eigenvalue weighted by molar-refractivity contribution is 5.99. The van der Waals surface area contributed by atoms with E-state index in [9.17, 15) is 14.4 Å². The molecule has 2 N–H and O–H groups in total. The van der Waals surface area contributed by atoms with Crippen LogP contribution in [0.5, 0.6) is 0 Å². The van der Waals surface area contributed by atoms with Gasteiger partial charge in [0, 0.05) is 11.3 Å². The van der Waals surface area contributed by atoms with E-state index in [0.29, 0.717) is 16.8 Å². The number of Topliss-reactive ketones (excluding diaryl/α,β-unsaturated/α-hetero) is 1. The van der Waals surface area contributed by atoms with Gasteiger partial charge in [-0.25, -0.2) is 4.79 Å². The topological polar surface area (TPSA) is 92.7 Å². The maximum atomic E-state index is 12.2. The second kappa shape index (κ2) is 8.21. The lowest BCUT2D eigenvalue weighted by Crippen LogP contribution is -2.30. The summed E-state index contributed by atoms with van der Waals surface area (Å²) < 4.78 is 5.14. The van der Waals surface area contributed by atoms with Crippen molar-refractivity contribution in [1.29, 1.82) is 0 Å². The highest BCUT2D eigenvalue weighted by Gasteiger charge is 2.19. The molecule has 25 heavy (non-hydrogen) atoms. The smallest absolute Gasteiger partial charge is 0.338 e. The molecule has 0 saturated carbocycles. The Morgan fingerprint density at radius 1 is 1.08 bits per heavy atom. The van der Waals surface area contributed by atoms with Crippen LogP contribution in [0.15, 0.2) is 48.5 Å². The summed E-state index contributed by atoms with van der Waals surface area (Å²) in [4.78, 5) is 35.6. The van der Waals surface area contributed by atoms with E-state index in [0.717, 1.165) is 0 Å². The normalized spacial score (nSPS) is 11.5. The highest BCUT2D eigenvalue weighted by Crippen LogP contribution is 2.13. The van der Waals surface area contributed by atoms with E-state index in [4.69, 9.17) is 9.84 Å². The Kier molecular flexibility index (Phi) is 6.03. The first-order valence-electron chi connectivity index (χ1n) is 7.73. The number of benzene rings is 2. The van der Waals surface area contributed by atoms with Gasteiger partial charge in [-0.15, -0.1) is 0 Å². The number of esters is 1. The predicted octanol–water partition coefficient (Wildman–Crippen LogP) is 2.57. The summed E-state index contributed by atoms with van der Waals surface area (Å²) in [6.07, 6.45) is -1.01. The van der Waals surface area contributed by atoms with Crippen molar-refractivity contribution in [2.24, 2.45) is 0 Å². The summed E-state index contributed by atoms with van der Waals surface area (Å²) in [5.41, 5.74) is 1.89. The summed E-state index contributed by atoms with van der Waals surface area (Å²) >= 11 is 0. The summed E-state index contributed by atoms with van der Waals surface area (Å²) in [6, 6.07) is 12.8. The van der Waals surface area contributed by atoms with Gasteiger partial charge in [0.25, 0.3) is 5.91 Å². The maximum Gasteiger partial charge on any atom is 0.338 e. The van der Waals surface area contributed by atoms with Crippen molar-refractivity contribution in [3.05, 3.63) is 65.2 Å². The van der Waals surface area contributed by atoms with E-state index in [2.05, 4.69) is 5.32 Å². The third kappa shape index (κ3) is 4.99. The molecule has 0 fully saturated rings. The molecule has 1 amide bonds. The Labute approximate surface area is 145 Å². The van der Waals surface area contributed by atoms with Crippen LogP contribution in [0, 0.1) is 0 Å². The van der Waals surface area contributed by atoms with Crippen molar-refractivity contribution in [2.45, 2.75) is 26.6 Å². The summed E-state index contributed by atoms with van der Waals surface area (Å²) in [6.45, 7) is 2.78. The minimum atomic E-state index is -1.01. The van der Waals surface area contributed by atoms with Crippen LogP contribution in [0.2, 0.25) is 0 Å². The van der Waals surface area contributed by atoms with E-state index in [1.807, 2.05) is 0 Å². The fourth-order valence-electron chi connectivity index (χ4n) is 2.09. The fourth-order valence-corrected chi connectivity index (χ4v) is 2.09. The Hall–Kier alpha value is -2.99. The maximum absolute atomic E-state index is 12.2. The minimum Gasteiger partial charge on any atom is -0.449 e. The van der Waals surface area contributed by atoms with E-state index in [-0.39, 0.29) is 18.0 Å². The molecular formula is C19H19NO5. The van der Waals surface area contributed by atoms with E-state index in [1.54, 1.807) is 36.4 Å². The van der Waals surface area contributed by atoms with Crippen molar-refractivity contribution < 1.29 is 24.2 Å². The number of nitrogens with one attached hydrogen (secondary N) is 1. The first-order valence-corrected chi connectivity index (χ1v) is 7.73. The number of carbonyl (C=O) groups excluding carboxylic acids is 3. The van der Waals surface area contributed by atoms with Gasteiger partial charge in [0.05, 0.1) is 12.2 Å². The SMILES string of the molecule is CC(=O)c1cccc(NC(=O)[C@@H](C)OC(=O)c2ccc(CO)cc2)c1. The molecule has 0 aliphatic carbocycles. The third-order valence-corrected chi connectivity index (χ3v) is 3.56. The average molecular weight is 341 g/mol. The van der Waals surface area contributed by atoms with Crippen molar-refractivity contribution in [3.63, 3.8) is 0 Å². The number of hydrogen-bond acceptors (Lipinski definition) is 5. The molecule has 0 spiro atoms. The monoisotopic (exact) mass is 341 g/mol. The summed E-state index contributed by atoms with van der Waals surface area (Å²) in [7, 11) is 0. The average Bonchev–Trinajstić information content (AvgIpc) is 2.61.